The maximum absolute atomic E-state index is 13.2. The maximum atomic E-state index is 13.2. The molecular formula is C9H7BrFNS. The molecule has 4 heteroatoms. The summed E-state index contributed by atoms with van der Waals surface area (Å²) in [5.41, 5.74) is 0.503. The predicted octanol–water partition coefficient (Wildman–Crippen LogP) is 3.37. The Labute approximate surface area is 87.7 Å². The minimum Gasteiger partial charge on any atom is -0.238 e. The molecule has 0 saturated carbocycles. The summed E-state index contributed by atoms with van der Waals surface area (Å²) in [5.74, 6) is -0.227. The normalized spacial score (nSPS) is 10.9. The van der Waals surface area contributed by atoms with Crippen molar-refractivity contribution in [2.45, 2.75) is 6.42 Å². The van der Waals surface area contributed by atoms with Crippen LogP contribution >= 0.6 is 27.3 Å². The van der Waals surface area contributed by atoms with Gasteiger partial charge in [-0.05, 0) is 12.1 Å². The largest absolute Gasteiger partial charge is 0.238 e. The zero-order chi connectivity index (χ0) is 9.26. The first kappa shape index (κ1) is 9.09. The summed E-state index contributed by atoms with van der Waals surface area (Å²) in [6.45, 7) is 0. The van der Waals surface area contributed by atoms with Gasteiger partial charge in [0.2, 0.25) is 0 Å². The third kappa shape index (κ3) is 1.74. The molecule has 2 aromatic rings. The highest BCUT2D eigenvalue weighted by Gasteiger charge is 2.06. The van der Waals surface area contributed by atoms with E-state index in [1.807, 2.05) is 6.07 Å². The summed E-state index contributed by atoms with van der Waals surface area (Å²) < 4.78 is 14.1. The van der Waals surface area contributed by atoms with E-state index in [2.05, 4.69) is 20.9 Å². The van der Waals surface area contributed by atoms with Crippen molar-refractivity contribution in [1.82, 2.24) is 4.98 Å². The molecule has 0 atom stereocenters. The quantitative estimate of drug-likeness (QED) is 0.754. The molecule has 0 aliphatic carbocycles. The predicted molar refractivity (Wildman–Crippen MR) is 57.1 cm³/mol. The van der Waals surface area contributed by atoms with Gasteiger partial charge in [0.1, 0.15) is 11.3 Å². The van der Waals surface area contributed by atoms with E-state index in [9.17, 15) is 4.39 Å². The zero-order valence-electron chi connectivity index (χ0n) is 6.76. The van der Waals surface area contributed by atoms with Crippen LogP contribution in [0.4, 0.5) is 4.39 Å². The lowest BCUT2D eigenvalue weighted by Crippen LogP contribution is -1.83. The highest BCUT2D eigenvalue weighted by atomic mass is 79.9. The fourth-order valence-electron chi connectivity index (χ4n) is 1.15. The number of aromatic nitrogens is 1. The molecule has 0 radical (unpaired) electrons. The number of benzene rings is 1. The van der Waals surface area contributed by atoms with Crippen LogP contribution in [-0.4, -0.2) is 10.3 Å². The third-order valence-corrected chi connectivity index (χ3v) is 3.20. The van der Waals surface area contributed by atoms with Crippen molar-refractivity contribution in [3.63, 3.8) is 0 Å². The number of aryl methyl sites for hydroxylation is 1. The molecule has 1 aromatic carbocycles. The summed E-state index contributed by atoms with van der Waals surface area (Å²) in [6, 6.07) is 5.06. The van der Waals surface area contributed by atoms with Gasteiger partial charge in [-0.15, -0.1) is 11.3 Å². The molecule has 2 rings (SSSR count). The Kier molecular flexibility index (Phi) is 2.60. The van der Waals surface area contributed by atoms with E-state index in [0.717, 1.165) is 21.5 Å². The van der Waals surface area contributed by atoms with Crippen molar-refractivity contribution in [3.8, 4) is 0 Å². The van der Waals surface area contributed by atoms with Crippen LogP contribution in [0.15, 0.2) is 18.2 Å². The van der Waals surface area contributed by atoms with Crippen molar-refractivity contribution in [1.29, 1.82) is 0 Å². The van der Waals surface area contributed by atoms with Gasteiger partial charge in [-0.25, -0.2) is 9.37 Å². The fourth-order valence-corrected chi connectivity index (χ4v) is 2.77. The van der Waals surface area contributed by atoms with Gasteiger partial charge >= 0.3 is 0 Å². The highest BCUT2D eigenvalue weighted by molar-refractivity contribution is 9.09. The van der Waals surface area contributed by atoms with Gasteiger partial charge in [-0.3, -0.25) is 0 Å². The minimum atomic E-state index is -0.227. The third-order valence-electron chi connectivity index (χ3n) is 1.72. The molecule has 0 aliphatic heterocycles. The second kappa shape index (κ2) is 3.72. The molecule has 0 saturated heterocycles. The van der Waals surface area contributed by atoms with Gasteiger partial charge < -0.3 is 0 Å². The van der Waals surface area contributed by atoms with Gasteiger partial charge in [0.15, 0.2) is 0 Å². The molecule has 13 heavy (non-hydrogen) atoms. The van der Waals surface area contributed by atoms with Crippen LogP contribution in [0.2, 0.25) is 0 Å². The van der Waals surface area contributed by atoms with Gasteiger partial charge in [0, 0.05) is 11.8 Å². The number of para-hydroxylation sites is 1. The van der Waals surface area contributed by atoms with Crippen LogP contribution in [0.1, 0.15) is 5.01 Å². The number of nitrogens with zero attached hydrogens (tertiary/aromatic N) is 1. The molecule has 0 bridgehead atoms. The molecule has 0 aliphatic rings. The Morgan fingerprint density at radius 1 is 1.46 bits per heavy atom. The summed E-state index contributed by atoms with van der Waals surface area (Å²) in [4.78, 5) is 4.22. The van der Waals surface area contributed by atoms with Crippen LogP contribution in [-0.2, 0) is 6.42 Å². The first-order valence-electron chi connectivity index (χ1n) is 3.91. The smallest absolute Gasteiger partial charge is 0.150 e. The standard InChI is InChI=1S/C9H7BrFNS/c10-5-4-8-12-9-6(11)2-1-3-7(9)13-8/h1-3H,4-5H2. The summed E-state index contributed by atoms with van der Waals surface area (Å²) in [6.07, 6.45) is 0.860. The minimum absolute atomic E-state index is 0.227. The lowest BCUT2D eigenvalue weighted by Gasteiger charge is -1.87. The van der Waals surface area contributed by atoms with E-state index in [1.54, 1.807) is 17.4 Å². The number of rotatable bonds is 2. The maximum Gasteiger partial charge on any atom is 0.150 e. The van der Waals surface area contributed by atoms with Crippen LogP contribution < -0.4 is 0 Å². The number of thiazole rings is 1. The second-order valence-electron chi connectivity index (χ2n) is 2.63. The first-order valence-corrected chi connectivity index (χ1v) is 5.85. The van der Waals surface area contributed by atoms with E-state index in [4.69, 9.17) is 0 Å². The van der Waals surface area contributed by atoms with Gasteiger partial charge in [-0.2, -0.15) is 0 Å². The number of fused-ring (bicyclic) bond motifs is 1. The number of halogens is 2. The topological polar surface area (TPSA) is 12.9 Å². The van der Waals surface area contributed by atoms with Crippen molar-refractivity contribution < 1.29 is 4.39 Å². The molecule has 0 fully saturated rings. The number of hydrogen-bond donors (Lipinski definition) is 0. The molecule has 68 valence electrons. The van der Waals surface area contributed by atoms with E-state index in [1.165, 1.54) is 6.07 Å². The highest BCUT2D eigenvalue weighted by Crippen LogP contribution is 2.24. The molecule has 0 unspecified atom stereocenters. The zero-order valence-corrected chi connectivity index (χ0v) is 9.16. The summed E-state index contributed by atoms with van der Waals surface area (Å²) in [7, 11) is 0. The van der Waals surface area contributed by atoms with Gasteiger partial charge in [-0.1, -0.05) is 22.0 Å². The van der Waals surface area contributed by atoms with E-state index >= 15 is 0 Å². The van der Waals surface area contributed by atoms with E-state index < -0.39 is 0 Å². The Hall–Kier alpha value is -0.480. The first-order chi connectivity index (χ1) is 6.31. The molecule has 1 heterocycles. The van der Waals surface area contributed by atoms with Crippen molar-refractivity contribution >= 4 is 37.5 Å². The molecule has 0 amide bonds. The monoisotopic (exact) mass is 259 g/mol. The number of hydrogen-bond acceptors (Lipinski definition) is 2. The fraction of sp³-hybridized carbons (Fsp3) is 0.222. The SMILES string of the molecule is Fc1cccc2sc(CCBr)nc12. The van der Waals surface area contributed by atoms with Gasteiger partial charge in [0.25, 0.3) is 0 Å². The van der Waals surface area contributed by atoms with Crippen LogP contribution in [0.25, 0.3) is 10.2 Å². The Balaban J connectivity index is 2.55. The average molecular weight is 260 g/mol. The average Bonchev–Trinajstić information content (AvgIpc) is 2.49. The Bertz CT molecular complexity index is 426. The Morgan fingerprint density at radius 2 is 2.31 bits per heavy atom. The lowest BCUT2D eigenvalue weighted by atomic mass is 10.3. The van der Waals surface area contributed by atoms with Crippen molar-refractivity contribution in [3.05, 3.63) is 29.0 Å². The molecule has 0 spiro atoms. The van der Waals surface area contributed by atoms with Gasteiger partial charge in [0.05, 0.1) is 9.71 Å². The molecule has 1 nitrogen and oxygen atoms in total. The summed E-state index contributed by atoms with van der Waals surface area (Å²) in [5, 5.41) is 1.85. The van der Waals surface area contributed by atoms with E-state index in [0.29, 0.717) is 5.52 Å². The van der Waals surface area contributed by atoms with Crippen LogP contribution in [0.3, 0.4) is 0 Å². The van der Waals surface area contributed by atoms with Crippen molar-refractivity contribution in [2.75, 3.05) is 5.33 Å². The van der Waals surface area contributed by atoms with Crippen LogP contribution in [0.5, 0.6) is 0 Å². The molecular weight excluding hydrogens is 253 g/mol. The van der Waals surface area contributed by atoms with Crippen molar-refractivity contribution in [2.24, 2.45) is 0 Å². The number of alkyl halides is 1. The molecule has 0 N–H and O–H groups in total. The molecule has 1 aromatic heterocycles. The Morgan fingerprint density at radius 3 is 3.00 bits per heavy atom. The lowest BCUT2D eigenvalue weighted by molar-refractivity contribution is 0.637. The van der Waals surface area contributed by atoms with E-state index in [-0.39, 0.29) is 5.82 Å². The second-order valence-corrected chi connectivity index (χ2v) is 4.54. The van der Waals surface area contributed by atoms with Crippen LogP contribution in [0, 0.1) is 5.82 Å². The summed E-state index contributed by atoms with van der Waals surface area (Å²) >= 11 is 4.89.